The summed E-state index contributed by atoms with van der Waals surface area (Å²) in [5.74, 6) is 1.08. The van der Waals surface area contributed by atoms with E-state index in [2.05, 4.69) is 47.4 Å². The number of hydrogen-bond donors (Lipinski definition) is 1. The molecule has 32 heavy (non-hydrogen) atoms. The molecule has 0 saturated carbocycles. The second-order valence-electron chi connectivity index (χ2n) is 8.53. The lowest BCUT2D eigenvalue weighted by molar-refractivity contribution is -0.654. The van der Waals surface area contributed by atoms with Crippen LogP contribution < -0.4 is 17.0 Å². The number of nitrogens with zero attached hydrogens (tertiary/aromatic N) is 2. The normalized spacial score (nSPS) is 12.1. The Labute approximate surface area is 199 Å². The summed E-state index contributed by atoms with van der Waals surface area (Å²) in [5.41, 5.74) is 3.25. The Morgan fingerprint density at radius 1 is 0.875 bits per heavy atom. The molecule has 0 aliphatic heterocycles. The van der Waals surface area contributed by atoms with Crippen LogP contribution >= 0.6 is 0 Å². The SMILES string of the molecule is CCCCCCCCCCOCn1c(CC(O)c2ccccc2)[n+](C)c2ccccc21.[Cl-]. The molecule has 0 radical (unpaired) electrons. The van der Waals surface area contributed by atoms with Crippen LogP contribution in [0.25, 0.3) is 11.0 Å². The average Bonchev–Trinajstić information content (AvgIpc) is 3.07. The van der Waals surface area contributed by atoms with Gasteiger partial charge in [0.2, 0.25) is 0 Å². The lowest BCUT2D eigenvalue weighted by Gasteiger charge is -2.10. The predicted molar refractivity (Wildman–Crippen MR) is 127 cm³/mol. The van der Waals surface area contributed by atoms with E-state index >= 15 is 0 Å². The number of aryl methyl sites for hydroxylation is 1. The number of aliphatic hydroxyl groups is 1. The zero-order valence-corrected chi connectivity index (χ0v) is 20.4. The number of halogens is 1. The maximum Gasteiger partial charge on any atom is 0.262 e. The summed E-state index contributed by atoms with van der Waals surface area (Å²) in [6, 6.07) is 18.3. The lowest BCUT2D eigenvalue weighted by Crippen LogP contribution is -3.00. The molecule has 176 valence electrons. The van der Waals surface area contributed by atoms with Crippen LogP contribution in [-0.2, 0) is 24.9 Å². The third kappa shape index (κ3) is 7.33. The van der Waals surface area contributed by atoms with Crippen molar-refractivity contribution in [2.45, 2.75) is 77.5 Å². The van der Waals surface area contributed by atoms with E-state index in [1.807, 2.05) is 30.3 Å². The molecule has 1 heterocycles. The highest BCUT2D eigenvalue weighted by Gasteiger charge is 2.25. The van der Waals surface area contributed by atoms with Gasteiger partial charge in [-0.1, -0.05) is 94.3 Å². The number of unbranched alkanes of at least 4 members (excludes halogenated alkanes) is 7. The molecule has 4 nitrogen and oxygen atoms in total. The highest BCUT2D eigenvalue weighted by Crippen LogP contribution is 2.21. The smallest absolute Gasteiger partial charge is 0.262 e. The number of aromatic nitrogens is 2. The van der Waals surface area contributed by atoms with Crippen molar-refractivity contribution in [1.29, 1.82) is 0 Å². The zero-order valence-electron chi connectivity index (χ0n) is 19.7. The predicted octanol–water partition coefficient (Wildman–Crippen LogP) is 2.86. The van der Waals surface area contributed by atoms with Crippen LogP contribution in [0.3, 0.4) is 0 Å². The summed E-state index contributed by atoms with van der Waals surface area (Å²) in [7, 11) is 2.07. The first-order valence-electron chi connectivity index (χ1n) is 12.0. The molecule has 0 aliphatic carbocycles. The van der Waals surface area contributed by atoms with Gasteiger partial charge in [-0.2, -0.15) is 0 Å². The minimum absolute atomic E-state index is 0. The molecule has 0 fully saturated rings. The largest absolute Gasteiger partial charge is 1.00 e. The first-order chi connectivity index (χ1) is 15.2. The van der Waals surface area contributed by atoms with Gasteiger partial charge < -0.3 is 22.3 Å². The van der Waals surface area contributed by atoms with E-state index in [1.165, 1.54) is 44.9 Å². The van der Waals surface area contributed by atoms with Crippen molar-refractivity contribution >= 4 is 11.0 Å². The molecular weight excluding hydrogens is 420 g/mol. The maximum atomic E-state index is 10.8. The standard InChI is InChI=1S/C27H39N2O2.ClH/c1-3-4-5-6-7-8-9-15-20-31-22-29-25-19-14-13-18-24(25)28(2)27(29)21-26(30)23-16-11-10-12-17-23;/h10-14,16-19,26,30H,3-9,15,20-22H2,1-2H3;1H/q+1;/p-1. The highest BCUT2D eigenvalue weighted by atomic mass is 35.5. The summed E-state index contributed by atoms with van der Waals surface area (Å²) < 4.78 is 10.5. The van der Waals surface area contributed by atoms with Gasteiger partial charge in [0.1, 0.15) is 0 Å². The van der Waals surface area contributed by atoms with Crippen LogP contribution in [0.2, 0.25) is 0 Å². The van der Waals surface area contributed by atoms with E-state index in [-0.39, 0.29) is 12.4 Å². The molecule has 0 aliphatic rings. The molecule has 0 bridgehead atoms. The summed E-state index contributed by atoms with van der Waals surface area (Å²) in [5, 5.41) is 10.8. The molecule has 3 rings (SSSR count). The minimum Gasteiger partial charge on any atom is -1.00 e. The first kappa shape index (κ1) is 26.4. The van der Waals surface area contributed by atoms with E-state index in [9.17, 15) is 5.11 Å². The van der Waals surface area contributed by atoms with Gasteiger partial charge >= 0.3 is 0 Å². The fraction of sp³-hybridized carbons (Fsp3) is 0.519. The van der Waals surface area contributed by atoms with Gasteiger partial charge in [-0.25, -0.2) is 9.13 Å². The first-order valence-corrected chi connectivity index (χ1v) is 12.0. The molecule has 5 heteroatoms. The third-order valence-corrected chi connectivity index (χ3v) is 6.16. The molecule has 2 aromatic carbocycles. The summed E-state index contributed by atoms with van der Waals surface area (Å²) in [4.78, 5) is 0. The van der Waals surface area contributed by atoms with Gasteiger partial charge in [-0.05, 0) is 24.1 Å². The Hall–Kier alpha value is -1.88. The van der Waals surface area contributed by atoms with E-state index in [1.54, 1.807) is 0 Å². The molecule has 0 amide bonds. The van der Waals surface area contributed by atoms with Crippen LogP contribution in [0.5, 0.6) is 0 Å². The number of benzene rings is 2. The lowest BCUT2D eigenvalue weighted by atomic mass is 10.1. The number of aliphatic hydroxyl groups excluding tert-OH is 1. The molecule has 1 unspecified atom stereocenters. The molecule has 3 aromatic rings. The molecule has 1 N–H and O–H groups in total. The maximum absolute atomic E-state index is 10.8. The summed E-state index contributed by atoms with van der Waals surface area (Å²) in [6.07, 6.45) is 10.4. The van der Waals surface area contributed by atoms with Crippen molar-refractivity contribution in [1.82, 2.24) is 4.57 Å². The Balaban J connectivity index is 0.00000363. The Morgan fingerprint density at radius 2 is 1.50 bits per heavy atom. The number of rotatable bonds is 14. The number of hydrogen-bond acceptors (Lipinski definition) is 2. The van der Waals surface area contributed by atoms with Crippen LogP contribution in [-0.4, -0.2) is 16.3 Å². The van der Waals surface area contributed by atoms with Crippen molar-refractivity contribution in [3.8, 4) is 0 Å². The third-order valence-electron chi connectivity index (χ3n) is 6.16. The Kier molecular flexibility index (Phi) is 11.8. The van der Waals surface area contributed by atoms with Crippen molar-refractivity contribution in [3.05, 3.63) is 66.0 Å². The van der Waals surface area contributed by atoms with Gasteiger partial charge in [0, 0.05) is 0 Å². The van der Waals surface area contributed by atoms with Crippen molar-refractivity contribution in [2.24, 2.45) is 7.05 Å². The number of imidazole rings is 1. The second kappa shape index (κ2) is 14.3. The quantitative estimate of drug-likeness (QED) is 0.298. The highest BCUT2D eigenvalue weighted by molar-refractivity contribution is 5.72. The fourth-order valence-electron chi connectivity index (χ4n) is 4.29. The van der Waals surface area contributed by atoms with E-state index < -0.39 is 6.10 Å². The van der Waals surface area contributed by atoms with Crippen LogP contribution in [0.15, 0.2) is 54.6 Å². The Morgan fingerprint density at radius 3 is 2.22 bits per heavy atom. The van der Waals surface area contributed by atoms with Crippen molar-refractivity contribution < 1.29 is 26.8 Å². The topological polar surface area (TPSA) is 38.3 Å². The fourth-order valence-corrected chi connectivity index (χ4v) is 4.29. The van der Waals surface area contributed by atoms with Crippen LogP contribution in [0.4, 0.5) is 0 Å². The van der Waals surface area contributed by atoms with Crippen LogP contribution in [0.1, 0.15) is 75.8 Å². The molecule has 0 saturated heterocycles. The van der Waals surface area contributed by atoms with Crippen molar-refractivity contribution in [2.75, 3.05) is 6.61 Å². The van der Waals surface area contributed by atoms with E-state index in [0.717, 1.165) is 35.4 Å². The Bertz CT molecular complexity index is 911. The van der Waals surface area contributed by atoms with Gasteiger partial charge in [0.15, 0.2) is 17.8 Å². The minimum atomic E-state index is -0.539. The monoisotopic (exact) mass is 458 g/mol. The number of para-hydroxylation sites is 2. The van der Waals surface area contributed by atoms with Gasteiger partial charge in [-0.15, -0.1) is 0 Å². The molecule has 0 spiro atoms. The molecular formula is C27H39ClN2O2. The second-order valence-corrected chi connectivity index (χ2v) is 8.53. The summed E-state index contributed by atoms with van der Waals surface area (Å²) in [6.45, 7) is 3.57. The van der Waals surface area contributed by atoms with Gasteiger partial charge in [0.05, 0.1) is 26.2 Å². The average molecular weight is 459 g/mol. The number of ether oxygens (including phenoxy) is 1. The molecule has 1 atom stereocenters. The number of fused-ring (bicyclic) bond motifs is 1. The van der Waals surface area contributed by atoms with E-state index in [0.29, 0.717) is 13.2 Å². The zero-order chi connectivity index (χ0) is 21.9. The summed E-state index contributed by atoms with van der Waals surface area (Å²) >= 11 is 0. The van der Waals surface area contributed by atoms with Crippen molar-refractivity contribution in [3.63, 3.8) is 0 Å². The molecule has 1 aromatic heterocycles. The van der Waals surface area contributed by atoms with Crippen LogP contribution in [0, 0.1) is 0 Å². The van der Waals surface area contributed by atoms with Gasteiger partial charge in [-0.3, -0.25) is 0 Å². The van der Waals surface area contributed by atoms with Gasteiger partial charge in [0.25, 0.3) is 5.82 Å². The van der Waals surface area contributed by atoms with E-state index in [4.69, 9.17) is 4.74 Å².